The van der Waals surface area contributed by atoms with Gasteiger partial charge in [-0.3, -0.25) is 34.3 Å². The van der Waals surface area contributed by atoms with Gasteiger partial charge in [-0.15, -0.1) is 0 Å². The number of carbonyl (C=O) groups excluding carboxylic acids is 5. The minimum atomic E-state index is -0.685. The summed E-state index contributed by atoms with van der Waals surface area (Å²) in [6.07, 6.45) is 7.28. The van der Waals surface area contributed by atoms with E-state index < -0.39 is 11.9 Å². The molecule has 1 unspecified atom stereocenters. The van der Waals surface area contributed by atoms with Gasteiger partial charge >= 0.3 is 0 Å². The highest BCUT2D eigenvalue weighted by atomic mass is 16.2. The summed E-state index contributed by atoms with van der Waals surface area (Å²) in [4.78, 5) is 73.7. The largest absolute Gasteiger partial charge is 0.360 e. The highest BCUT2D eigenvalue weighted by molar-refractivity contribution is 6.06. The Balaban J connectivity index is 0.00000171. The Hall–Kier alpha value is -6.58. The van der Waals surface area contributed by atoms with Crippen LogP contribution in [-0.4, -0.2) is 78.0 Å². The number of piperidine rings is 1. The van der Waals surface area contributed by atoms with Gasteiger partial charge in [0.1, 0.15) is 11.7 Å². The van der Waals surface area contributed by atoms with Gasteiger partial charge in [-0.2, -0.15) is 0 Å². The van der Waals surface area contributed by atoms with Crippen LogP contribution in [0.1, 0.15) is 104 Å². The molecule has 8 rings (SSSR count). The molecule has 3 aromatic carbocycles. The van der Waals surface area contributed by atoms with Gasteiger partial charge in [0.05, 0.1) is 0 Å². The summed E-state index contributed by atoms with van der Waals surface area (Å²) in [6, 6.07) is 17.2. The Morgan fingerprint density at radius 2 is 1.86 bits per heavy atom. The van der Waals surface area contributed by atoms with Crippen molar-refractivity contribution in [3.63, 3.8) is 0 Å². The Labute approximate surface area is 344 Å². The van der Waals surface area contributed by atoms with E-state index in [0.717, 1.165) is 64.5 Å². The number of hydrogen-bond acceptors (Lipinski definition) is 8. The molecule has 0 radical (unpaired) electrons. The average molecular weight is 792 g/mol. The molecule has 0 saturated carbocycles. The summed E-state index contributed by atoms with van der Waals surface area (Å²) in [6.45, 7) is 7.89. The van der Waals surface area contributed by atoms with E-state index in [1.165, 1.54) is 21.7 Å². The molecule has 1 saturated heterocycles. The fourth-order valence-electron chi connectivity index (χ4n) is 8.17. The van der Waals surface area contributed by atoms with Crippen LogP contribution in [0.25, 0.3) is 22.0 Å². The van der Waals surface area contributed by atoms with Crippen molar-refractivity contribution in [1.29, 1.82) is 0 Å². The third-order valence-corrected chi connectivity index (χ3v) is 11.1. The second-order valence-electron chi connectivity index (χ2n) is 15.5. The molecule has 2 aromatic heterocycles. The van der Waals surface area contributed by atoms with E-state index in [2.05, 4.69) is 87.7 Å². The zero-order valence-corrected chi connectivity index (χ0v) is 34.1. The molecule has 0 spiro atoms. The summed E-state index contributed by atoms with van der Waals surface area (Å²) >= 11 is 0. The second kappa shape index (κ2) is 17.5. The highest BCUT2D eigenvalue weighted by Crippen LogP contribution is 2.41. The topological polar surface area (TPSA) is 157 Å². The maximum Gasteiger partial charge on any atom is 0.269 e. The smallest absolute Gasteiger partial charge is 0.269 e. The summed E-state index contributed by atoms with van der Waals surface area (Å²) in [5.74, 6) is 5.21. The summed E-state index contributed by atoms with van der Waals surface area (Å²) in [5.41, 5.74) is 11.8. The molecule has 1 fully saturated rings. The predicted octanol–water partition coefficient (Wildman–Crippen LogP) is 6.33. The zero-order chi connectivity index (χ0) is 41.8. The number of H-pyrrole nitrogens is 1. The van der Waals surface area contributed by atoms with Crippen LogP contribution in [0.4, 0.5) is 11.4 Å². The van der Waals surface area contributed by atoms with Gasteiger partial charge in [0.25, 0.3) is 11.8 Å². The van der Waals surface area contributed by atoms with Gasteiger partial charge in [-0.25, -0.2) is 0 Å². The molecule has 1 atom stereocenters. The number of pyridine rings is 1. The van der Waals surface area contributed by atoms with Crippen molar-refractivity contribution in [2.45, 2.75) is 71.4 Å². The first-order valence-electron chi connectivity index (χ1n) is 20.1. The van der Waals surface area contributed by atoms with Gasteiger partial charge in [0.2, 0.25) is 11.8 Å². The van der Waals surface area contributed by atoms with Crippen LogP contribution in [0.3, 0.4) is 0 Å². The van der Waals surface area contributed by atoms with E-state index in [1.54, 1.807) is 30.6 Å². The van der Waals surface area contributed by atoms with Gasteiger partial charge in [-0.1, -0.05) is 37.8 Å². The molecule has 12 nitrogen and oxygen atoms in total. The van der Waals surface area contributed by atoms with Crippen LogP contribution in [0.5, 0.6) is 0 Å². The van der Waals surface area contributed by atoms with Crippen molar-refractivity contribution in [3.05, 3.63) is 112 Å². The molecule has 5 heterocycles. The number of nitrogens with one attached hydrogen (secondary N) is 4. The molecule has 59 heavy (non-hydrogen) atoms. The van der Waals surface area contributed by atoms with Crippen molar-refractivity contribution in [1.82, 2.24) is 30.8 Å². The Morgan fingerprint density at radius 3 is 2.59 bits per heavy atom. The molecule has 0 aliphatic carbocycles. The first-order valence-corrected chi connectivity index (χ1v) is 20.1. The summed E-state index contributed by atoms with van der Waals surface area (Å²) in [7, 11) is 3.75. The van der Waals surface area contributed by atoms with E-state index in [4.69, 9.17) is 0 Å². The normalized spacial score (nSPS) is 15.8. The van der Waals surface area contributed by atoms with Crippen molar-refractivity contribution in [2.75, 3.05) is 32.1 Å². The molecule has 4 N–H and O–H groups in total. The van der Waals surface area contributed by atoms with Gasteiger partial charge in [0, 0.05) is 89.4 Å². The van der Waals surface area contributed by atoms with Crippen LogP contribution >= 0.6 is 0 Å². The average Bonchev–Trinajstić information content (AvgIpc) is 3.80. The SMILES string of the molecule is CNC.Cc1cc2c(cc1-c1ccc(C(=O)NCCC#Cc3cccc4c3CN(C3CCC(=O)NC3=O)C4=O)nc1)CCCN2c1cc(C(C)C)c2[nH]cc(C=O)c2c1. The molecular formula is C47H49N7O5. The lowest BCUT2D eigenvalue weighted by Crippen LogP contribution is -2.52. The summed E-state index contributed by atoms with van der Waals surface area (Å²) in [5, 5.41) is 8.92. The van der Waals surface area contributed by atoms with Crippen LogP contribution in [-0.2, 0) is 22.6 Å². The monoisotopic (exact) mass is 791 g/mol. The van der Waals surface area contributed by atoms with Gasteiger partial charge < -0.3 is 25.4 Å². The van der Waals surface area contributed by atoms with E-state index >= 15 is 0 Å². The molecular weight excluding hydrogens is 743 g/mol. The lowest BCUT2D eigenvalue weighted by molar-refractivity contribution is -0.136. The van der Waals surface area contributed by atoms with Crippen LogP contribution in [0.15, 0.2) is 67.0 Å². The standard InChI is InChI=1S/C45H42N6O5.C2H7N/c1-26(2)34-20-32(21-36-31(25-52)23-48-42(34)36)50-17-7-10-29-19-35(27(3)18-40(29)50)30-12-13-38(47-22-30)43(54)46-16-5-4-8-28-9-6-11-33-37(28)24-51(45(33)56)39-14-15-41(53)49-44(39)55;1-3-2/h6,9,11-13,18-23,25-26,39,48H,5,7,10,14-17,24H2,1-3H3,(H,46,54)(H,49,53,55);3H,1-2H3. The van der Waals surface area contributed by atoms with Gasteiger partial charge in [-0.05, 0) is 116 Å². The predicted molar refractivity (Wildman–Crippen MR) is 229 cm³/mol. The fourth-order valence-corrected chi connectivity index (χ4v) is 8.17. The number of fused-ring (bicyclic) bond motifs is 3. The molecule has 5 aromatic rings. The maximum absolute atomic E-state index is 13.1. The first kappa shape index (κ1) is 40.6. The van der Waals surface area contributed by atoms with Gasteiger partial charge in [0.15, 0.2) is 6.29 Å². The first-order chi connectivity index (χ1) is 28.5. The Kier molecular flexibility index (Phi) is 12.0. The summed E-state index contributed by atoms with van der Waals surface area (Å²) < 4.78 is 0. The third-order valence-electron chi connectivity index (χ3n) is 11.1. The van der Waals surface area contributed by atoms with E-state index in [1.807, 2.05) is 26.2 Å². The number of aromatic nitrogens is 2. The number of aldehydes is 1. The lowest BCUT2D eigenvalue weighted by atomic mass is 9.92. The van der Waals surface area contributed by atoms with Crippen molar-refractivity contribution >= 4 is 52.2 Å². The zero-order valence-electron chi connectivity index (χ0n) is 34.1. The van der Waals surface area contributed by atoms with Crippen molar-refractivity contribution in [3.8, 4) is 23.0 Å². The fraction of sp³-hybridized carbons (Fsp3) is 0.319. The molecule has 4 amide bonds. The number of nitrogens with zero attached hydrogens (tertiary/aromatic N) is 3. The third kappa shape index (κ3) is 8.24. The number of aryl methyl sites for hydroxylation is 2. The number of rotatable bonds is 8. The number of anilines is 2. The Bertz CT molecular complexity index is 2530. The van der Waals surface area contributed by atoms with Crippen molar-refractivity contribution in [2.24, 2.45) is 0 Å². The quantitative estimate of drug-likeness (QED) is 0.0616. The lowest BCUT2D eigenvalue weighted by Gasteiger charge is -2.33. The van der Waals surface area contributed by atoms with E-state index in [0.29, 0.717) is 41.8 Å². The van der Waals surface area contributed by atoms with Crippen LogP contribution in [0, 0.1) is 18.8 Å². The second-order valence-corrected chi connectivity index (χ2v) is 15.5. The van der Waals surface area contributed by atoms with Crippen LogP contribution < -0.4 is 20.9 Å². The molecule has 3 aliphatic rings. The minimum absolute atomic E-state index is 0.196. The minimum Gasteiger partial charge on any atom is -0.360 e. The number of aromatic amines is 1. The number of benzene rings is 3. The molecule has 3 aliphatic heterocycles. The number of imide groups is 1. The number of hydrogen-bond donors (Lipinski definition) is 4. The molecule has 0 bridgehead atoms. The Morgan fingerprint density at radius 1 is 1.05 bits per heavy atom. The maximum atomic E-state index is 13.1. The molecule has 12 heteroatoms. The van der Waals surface area contributed by atoms with E-state index in [9.17, 15) is 24.0 Å². The number of carbonyl (C=O) groups is 5. The van der Waals surface area contributed by atoms with Crippen molar-refractivity contribution < 1.29 is 24.0 Å². The highest BCUT2D eigenvalue weighted by Gasteiger charge is 2.39. The van der Waals surface area contributed by atoms with Crippen LogP contribution in [0.2, 0.25) is 0 Å². The van der Waals surface area contributed by atoms with E-state index in [-0.39, 0.29) is 36.6 Å². The molecule has 302 valence electrons. The number of amides is 4.